The Morgan fingerprint density at radius 2 is 2.08 bits per heavy atom. The van der Waals surface area contributed by atoms with Crippen LogP contribution in [-0.4, -0.2) is 31.0 Å². The molecule has 0 atom stereocenters. The normalized spacial score (nSPS) is 10.4. The maximum Gasteiger partial charge on any atom is 0.341 e. The van der Waals surface area contributed by atoms with Crippen LogP contribution < -0.4 is 14.9 Å². The maximum atomic E-state index is 10.8. The van der Waals surface area contributed by atoms with E-state index in [9.17, 15) is 4.79 Å². The Bertz CT molecular complexity index is 758. The molecule has 0 unspecified atom stereocenters. The van der Waals surface area contributed by atoms with E-state index in [-0.39, 0.29) is 0 Å². The van der Waals surface area contributed by atoms with Crippen molar-refractivity contribution in [1.29, 1.82) is 0 Å². The van der Waals surface area contributed by atoms with E-state index in [1.807, 2.05) is 36.4 Å². The molecule has 0 bridgehead atoms. The predicted molar refractivity (Wildman–Crippen MR) is 97.7 cm³/mol. The Kier molecular flexibility index (Phi) is 6.59. The summed E-state index contributed by atoms with van der Waals surface area (Å²) in [5.41, 5.74) is 5.38. The number of nitrogens with zero attached hydrogens (tertiary/aromatic N) is 1. The first-order valence-electron chi connectivity index (χ1n) is 7.64. The Balaban J connectivity index is 2.24. The zero-order valence-corrected chi connectivity index (χ0v) is 13.9. The van der Waals surface area contributed by atoms with Crippen LogP contribution in [0.2, 0.25) is 0 Å². The standard InChI is InChI=1S/C19H20N2O4/c1-3-7-15-10-14(12-20-21-16-8-5-4-6-9-16)11-17(24-2)19(15)25-13-18(22)23/h3-6,8-12,21H,1,7,13H2,2H3,(H,22,23)/b20-12-. The van der Waals surface area contributed by atoms with E-state index < -0.39 is 12.6 Å². The molecule has 130 valence electrons. The van der Waals surface area contributed by atoms with Gasteiger partial charge in [0.05, 0.1) is 19.0 Å². The number of para-hydroxylation sites is 1. The summed E-state index contributed by atoms with van der Waals surface area (Å²) in [5, 5.41) is 13.0. The number of ether oxygens (including phenoxy) is 2. The van der Waals surface area contributed by atoms with Crippen LogP contribution in [0.15, 0.2) is 60.2 Å². The van der Waals surface area contributed by atoms with Gasteiger partial charge in [0.1, 0.15) is 0 Å². The van der Waals surface area contributed by atoms with Crippen LogP contribution in [0.5, 0.6) is 11.5 Å². The topological polar surface area (TPSA) is 80.2 Å². The lowest BCUT2D eigenvalue weighted by Gasteiger charge is -2.14. The van der Waals surface area contributed by atoms with Crippen molar-refractivity contribution in [3.05, 3.63) is 66.2 Å². The monoisotopic (exact) mass is 340 g/mol. The Morgan fingerprint density at radius 3 is 2.72 bits per heavy atom. The quantitative estimate of drug-likeness (QED) is 0.416. The van der Waals surface area contributed by atoms with Gasteiger partial charge in [-0.3, -0.25) is 5.43 Å². The number of rotatable bonds is 9. The second kappa shape index (κ2) is 9.12. The van der Waals surface area contributed by atoms with Crippen molar-refractivity contribution in [1.82, 2.24) is 0 Å². The SMILES string of the molecule is C=CCc1cc(/C=N\Nc2ccccc2)cc(OC)c1OCC(=O)O. The molecule has 2 aromatic rings. The van der Waals surface area contributed by atoms with Crippen LogP contribution in [0.3, 0.4) is 0 Å². The lowest BCUT2D eigenvalue weighted by molar-refractivity contribution is -0.139. The first kappa shape index (κ1) is 18.1. The number of hydrazone groups is 1. The Labute approximate surface area is 146 Å². The van der Waals surface area contributed by atoms with Gasteiger partial charge in [-0.25, -0.2) is 4.79 Å². The summed E-state index contributed by atoms with van der Waals surface area (Å²) in [7, 11) is 1.50. The first-order valence-corrected chi connectivity index (χ1v) is 7.64. The van der Waals surface area contributed by atoms with E-state index in [1.165, 1.54) is 7.11 Å². The van der Waals surface area contributed by atoms with Gasteiger partial charge in [-0.1, -0.05) is 24.3 Å². The third kappa shape index (κ3) is 5.39. The molecule has 0 heterocycles. The predicted octanol–water partition coefficient (Wildman–Crippen LogP) is 3.33. The number of benzene rings is 2. The van der Waals surface area contributed by atoms with Crippen LogP contribution >= 0.6 is 0 Å². The number of anilines is 1. The molecule has 25 heavy (non-hydrogen) atoms. The van der Waals surface area contributed by atoms with Crippen LogP contribution in [0.4, 0.5) is 5.69 Å². The van der Waals surface area contributed by atoms with E-state index in [0.29, 0.717) is 17.9 Å². The molecule has 0 aliphatic heterocycles. The van der Waals surface area contributed by atoms with E-state index in [2.05, 4.69) is 17.1 Å². The van der Waals surface area contributed by atoms with Gasteiger partial charge < -0.3 is 14.6 Å². The average molecular weight is 340 g/mol. The average Bonchev–Trinajstić information content (AvgIpc) is 2.61. The summed E-state index contributed by atoms with van der Waals surface area (Å²) >= 11 is 0. The van der Waals surface area contributed by atoms with Crippen molar-refractivity contribution < 1.29 is 19.4 Å². The minimum absolute atomic E-state index is 0.401. The molecule has 2 aromatic carbocycles. The number of allylic oxidation sites excluding steroid dienone is 1. The fourth-order valence-corrected chi connectivity index (χ4v) is 2.21. The highest BCUT2D eigenvalue weighted by atomic mass is 16.5. The molecular formula is C19H20N2O4. The molecule has 6 nitrogen and oxygen atoms in total. The molecule has 0 saturated carbocycles. The van der Waals surface area contributed by atoms with Crippen LogP contribution in [0, 0.1) is 0 Å². The Hall–Kier alpha value is -3.28. The number of aliphatic carboxylic acids is 1. The van der Waals surface area contributed by atoms with E-state index >= 15 is 0 Å². The summed E-state index contributed by atoms with van der Waals surface area (Å²) in [5.74, 6) is -0.205. The van der Waals surface area contributed by atoms with Gasteiger partial charge in [-0.15, -0.1) is 6.58 Å². The number of carboxylic acids is 1. The molecule has 0 spiro atoms. The van der Waals surface area contributed by atoms with Gasteiger partial charge in [-0.2, -0.15) is 5.10 Å². The number of methoxy groups -OCH3 is 1. The van der Waals surface area contributed by atoms with Crippen LogP contribution in [0.1, 0.15) is 11.1 Å². The summed E-state index contributed by atoms with van der Waals surface area (Å²) in [6.07, 6.45) is 3.88. The number of nitrogens with one attached hydrogen (secondary N) is 1. The second-order valence-electron chi connectivity index (χ2n) is 5.12. The molecule has 0 fully saturated rings. The van der Waals surface area contributed by atoms with Crippen LogP contribution in [-0.2, 0) is 11.2 Å². The summed E-state index contributed by atoms with van der Waals surface area (Å²) in [6, 6.07) is 13.2. The highest BCUT2D eigenvalue weighted by molar-refractivity contribution is 5.82. The molecule has 0 radical (unpaired) electrons. The van der Waals surface area contributed by atoms with Gasteiger partial charge in [-0.05, 0) is 36.2 Å². The third-order valence-corrected chi connectivity index (χ3v) is 3.26. The number of hydrogen-bond donors (Lipinski definition) is 2. The van der Waals surface area contributed by atoms with E-state index in [1.54, 1.807) is 18.4 Å². The van der Waals surface area contributed by atoms with Gasteiger partial charge in [0.2, 0.25) is 0 Å². The molecule has 2 N–H and O–H groups in total. The minimum Gasteiger partial charge on any atom is -0.493 e. The first-order chi connectivity index (χ1) is 12.1. The molecule has 2 rings (SSSR count). The molecule has 0 aliphatic carbocycles. The molecule has 6 heteroatoms. The summed E-state index contributed by atoms with van der Waals surface area (Å²) in [4.78, 5) is 10.8. The van der Waals surface area contributed by atoms with Crippen molar-refractivity contribution in [3.63, 3.8) is 0 Å². The van der Waals surface area contributed by atoms with Gasteiger partial charge in [0, 0.05) is 5.56 Å². The third-order valence-electron chi connectivity index (χ3n) is 3.26. The highest BCUT2D eigenvalue weighted by Crippen LogP contribution is 2.33. The number of hydrogen-bond acceptors (Lipinski definition) is 5. The van der Waals surface area contributed by atoms with Crippen LogP contribution in [0.25, 0.3) is 0 Å². The molecule has 0 saturated heterocycles. The van der Waals surface area contributed by atoms with Gasteiger partial charge in [0.25, 0.3) is 0 Å². The second-order valence-corrected chi connectivity index (χ2v) is 5.12. The summed E-state index contributed by atoms with van der Waals surface area (Å²) < 4.78 is 10.7. The molecular weight excluding hydrogens is 320 g/mol. The lowest BCUT2D eigenvalue weighted by atomic mass is 10.1. The van der Waals surface area contributed by atoms with E-state index in [4.69, 9.17) is 14.6 Å². The lowest BCUT2D eigenvalue weighted by Crippen LogP contribution is -2.11. The van der Waals surface area contributed by atoms with Crippen molar-refractivity contribution in [3.8, 4) is 11.5 Å². The van der Waals surface area contributed by atoms with Crippen molar-refractivity contribution >= 4 is 17.9 Å². The highest BCUT2D eigenvalue weighted by Gasteiger charge is 2.13. The molecule has 0 aromatic heterocycles. The van der Waals surface area contributed by atoms with Gasteiger partial charge >= 0.3 is 5.97 Å². The molecule has 0 amide bonds. The fraction of sp³-hybridized carbons (Fsp3) is 0.158. The van der Waals surface area contributed by atoms with E-state index in [0.717, 1.165) is 16.8 Å². The smallest absolute Gasteiger partial charge is 0.341 e. The van der Waals surface area contributed by atoms with Crippen molar-refractivity contribution in [2.24, 2.45) is 5.10 Å². The van der Waals surface area contributed by atoms with Gasteiger partial charge in [0.15, 0.2) is 18.1 Å². The number of carboxylic acid groups (broad SMARTS) is 1. The minimum atomic E-state index is -1.05. The summed E-state index contributed by atoms with van der Waals surface area (Å²) in [6.45, 7) is 3.28. The number of carbonyl (C=O) groups is 1. The largest absolute Gasteiger partial charge is 0.493 e. The zero-order valence-electron chi connectivity index (χ0n) is 13.9. The zero-order chi connectivity index (χ0) is 18.1. The maximum absolute atomic E-state index is 10.8. The van der Waals surface area contributed by atoms with Crippen molar-refractivity contribution in [2.45, 2.75) is 6.42 Å². The molecule has 0 aliphatic rings. The van der Waals surface area contributed by atoms with Crippen molar-refractivity contribution in [2.75, 3.05) is 19.1 Å². The Morgan fingerprint density at radius 1 is 1.32 bits per heavy atom. The fourth-order valence-electron chi connectivity index (χ4n) is 2.21.